The molecule has 5 rings (SSSR count). The summed E-state index contributed by atoms with van der Waals surface area (Å²) < 4.78 is 0. The molecular formula is C28H22. The van der Waals surface area contributed by atoms with Crippen LogP contribution >= 0.6 is 0 Å². The lowest BCUT2D eigenvalue weighted by atomic mass is 10.0. The van der Waals surface area contributed by atoms with Crippen LogP contribution in [0.5, 0.6) is 0 Å². The third-order valence-corrected chi connectivity index (χ3v) is 4.76. The molecule has 0 aliphatic rings. The second-order valence-electron chi connectivity index (χ2n) is 6.66. The van der Waals surface area contributed by atoms with Gasteiger partial charge in [-0.1, -0.05) is 133 Å². The van der Waals surface area contributed by atoms with Crippen LogP contribution in [0.15, 0.2) is 133 Å². The van der Waals surface area contributed by atoms with Crippen molar-refractivity contribution in [2.75, 3.05) is 0 Å². The van der Waals surface area contributed by atoms with Gasteiger partial charge in [0.1, 0.15) is 0 Å². The first kappa shape index (κ1) is 17.8. The molecule has 0 saturated carbocycles. The fourth-order valence-electron chi connectivity index (χ4n) is 3.25. The van der Waals surface area contributed by atoms with Crippen LogP contribution in [0.1, 0.15) is 0 Å². The zero-order valence-corrected chi connectivity index (χ0v) is 15.7. The van der Waals surface area contributed by atoms with E-state index in [1.165, 1.54) is 33.0 Å². The maximum absolute atomic E-state index is 2.18. The van der Waals surface area contributed by atoms with Crippen molar-refractivity contribution in [2.24, 2.45) is 0 Å². The second-order valence-corrected chi connectivity index (χ2v) is 6.66. The normalized spacial score (nSPS) is 10.1. The first-order valence-corrected chi connectivity index (χ1v) is 9.55. The van der Waals surface area contributed by atoms with E-state index in [4.69, 9.17) is 0 Å². The van der Waals surface area contributed by atoms with Crippen LogP contribution in [0.2, 0.25) is 0 Å². The fraction of sp³-hybridized carbons (Fsp3) is 0. The molecule has 134 valence electrons. The van der Waals surface area contributed by atoms with Crippen molar-refractivity contribution in [1.29, 1.82) is 0 Å². The smallest absolute Gasteiger partial charge is 0.0184 e. The SMILES string of the molecule is c1ccc(-c2ccc(-c3ccccc3)cc2)cc1.c1ccc2ccccc2c1. The molecule has 5 aromatic carbocycles. The van der Waals surface area contributed by atoms with Crippen molar-refractivity contribution in [3.05, 3.63) is 133 Å². The van der Waals surface area contributed by atoms with E-state index in [0.717, 1.165) is 0 Å². The Morgan fingerprint density at radius 3 is 0.786 bits per heavy atom. The van der Waals surface area contributed by atoms with Gasteiger partial charge in [-0.2, -0.15) is 0 Å². The van der Waals surface area contributed by atoms with Crippen LogP contribution in [0.4, 0.5) is 0 Å². The molecule has 0 saturated heterocycles. The molecule has 0 amide bonds. The molecule has 0 nitrogen and oxygen atoms in total. The van der Waals surface area contributed by atoms with E-state index in [2.05, 4.69) is 121 Å². The summed E-state index contributed by atoms with van der Waals surface area (Å²) in [4.78, 5) is 0. The van der Waals surface area contributed by atoms with Crippen molar-refractivity contribution in [3.8, 4) is 22.3 Å². The Hall–Kier alpha value is -3.64. The van der Waals surface area contributed by atoms with Gasteiger partial charge in [0.15, 0.2) is 0 Å². The molecule has 0 radical (unpaired) electrons. The molecule has 0 aromatic heterocycles. The lowest BCUT2D eigenvalue weighted by molar-refractivity contribution is 1.59. The highest BCUT2D eigenvalue weighted by molar-refractivity contribution is 5.82. The van der Waals surface area contributed by atoms with Crippen LogP contribution in [0, 0.1) is 0 Å². The summed E-state index contributed by atoms with van der Waals surface area (Å²) in [5, 5.41) is 2.62. The van der Waals surface area contributed by atoms with Gasteiger partial charge in [-0.05, 0) is 33.0 Å². The summed E-state index contributed by atoms with van der Waals surface area (Å²) in [7, 11) is 0. The van der Waals surface area contributed by atoms with Crippen LogP contribution < -0.4 is 0 Å². The molecule has 0 aliphatic carbocycles. The minimum absolute atomic E-state index is 1.26. The molecule has 0 heteroatoms. The highest BCUT2D eigenvalue weighted by Gasteiger charge is 1.98. The van der Waals surface area contributed by atoms with Crippen molar-refractivity contribution < 1.29 is 0 Å². The zero-order valence-electron chi connectivity index (χ0n) is 15.7. The third kappa shape index (κ3) is 4.36. The van der Waals surface area contributed by atoms with Gasteiger partial charge in [-0.15, -0.1) is 0 Å². The predicted molar refractivity (Wildman–Crippen MR) is 121 cm³/mol. The van der Waals surface area contributed by atoms with Gasteiger partial charge < -0.3 is 0 Å². The molecule has 0 aliphatic heterocycles. The van der Waals surface area contributed by atoms with Crippen LogP contribution in [-0.2, 0) is 0 Å². The molecule has 0 bridgehead atoms. The molecule has 0 atom stereocenters. The lowest BCUT2D eigenvalue weighted by Crippen LogP contribution is -1.79. The Bertz CT molecular complexity index is 1000. The quantitative estimate of drug-likeness (QED) is 0.301. The second kappa shape index (κ2) is 8.83. The van der Waals surface area contributed by atoms with Gasteiger partial charge >= 0.3 is 0 Å². The molecule has 0 spiro atoms. The van der Waals surface area contributed by atoms with Gasteiger partial charge in [0.05, 0.1) is 0 Å². The van der Waals surface area contributed by atoms with Gasteiger partial charge in [0, 0.05) is 0 Å². The van der Waals surface area contributed by atoms with Gasteiger partial charge in [0.25, 0.3) is 0 Å². The number of hydrogen-bond donors (Lipinski definition) is 0. The molecule has 0 unspecified atom stereocenters. The van der Waals surface area contributed by atoms with E-state index in [9.17, 15) is 0 Å². The molecule has 0 heterocycles. The minimum atomic E-state index is 1.26. The Labute approximate surface area is 166 Å². The lowest BCUT2D eigenvalue weighted by Gasteiger charge is -2.04. The van der Waals surface area contributed by atoms with E-state index < -0.39 is 0 Å². The van der Waals surface area contributed by atoms with E-state index in [1.807, 2.05) is 12.1 Å². The zero-order chi connectivity index (χ0) is 19.0. The van der Waals surface area contributed by atoms with Crippen molar-refractivity contribution in [3.63, 3.8) is 0 Å². The van der Waals surface area contributed by atoms with Gasteiger partial charge in [-0.3, -0.25) is 0 Å². The average Bonchev–Trinajstić information content (AvgIpc) is 2.81. The van der Waals surface area contributed by atoms with Gasteiger partial charge in [0.2, 0.25) is 0 Å². The Morgan fingerprint density at radius 1 is 0.214 bits per heavy atom. The van der Waals surface area contributed by atoms with Crippen LogP contribution in [0.25, 0.3) is 33.0 Å². The van der Waals surface area contributed by atoms with E-state index in [1.54, 1.807) is 0 Å². The van der Waals surface area contributed by atoms with E-state index in [0.29, 0.717) is 0 Å². The Morgan fingerprint density at radius 2 is 0.464 bits per heavy atom. The summed E-state index contributed by atoms with van der Waals surface area (Å²) in [5.74, 6) is 0. The molecular weight excluding hydrogens is 336 g/mol. The highest BCUT2D eigenvalue weighted by atomic mass is 14.0. The summed E-state index contributed by atoms with van der Waals surface area (Å²) in [5.41, 5.74) is 5.04. The summed E-state index contributed by atoms with van der Waals surface area (Å²) in [6.45, 7) is 0. The topological polar surface area (TPSA) is 0 Å². The minimum Gasteiger partial charge on any atom is -0.0622 e. The molecule has 28 heavy (non-hydrogen) atoms. The average molecular weight is 358 g/mol. The van der Waals surface area contributed by atoms with E-state index >= 15 is 0 Å². The standard InChI is InChI=1S/C18H14.C10H8/c1-3-7-15(8-4-1)17-11-13-18(14-12-17)16-9-5-2-6-10-16;1-2-6-10-8-4-3-7-9(10)5-1/h1-14H;1-8H. The van der Waals surface area contributed by atoms with Crippen LogP contribution in [0.3, 0.4) is 0 Å². The number of fused-ring (bicyclic) bond motifs is 1. The maximum Gasteiger partial charge on any atom is -0.0184 e. The summed E-state index contributed by atoms with van der Waals surface area (Å²) in [6.07, 6.45) is 0. The first-order chi connectivity index (χ1) is 13.9. The Kier molecular flexibility index (Phi) is 5.60. The molecule has 0 N–H and O–H groups in total. The number of benzene rings is 5. The van der Waals surface area contributed by atoms with Crippen molar-refractivity contribution in [2.45, 2.75) is 0 Å². The van der Waals surface area contributed by atoms with Gasteiger partial charge in [-0.25, -0.2) is 0 Å². The summed E-state index contributed by atoms with van der Waals surface area (Å²) in [6, 6.07) is 46.3. The van der Waals surface area contributed by atoms with Crippen LogP contribution in [-0.4, -0.2) is 0 Å². The fourth-order valence-corrected chi connectivity index (χ4v) is 3.25. The van der Waals surface area contributed by atoms with Crippen molar-refractivity contribution in [1.82, 2.24) is 0 Å². The Balaban J connectivity index is 0.000000162. The first-order valence-electron chi connectivity index (χ1n) is 9.55. The third-order valence-electron chi connectivity index (χ3n) is 4.76. The number of rotatable bonds is 2. The predicted octanol–water partition coefficient (Wildman–Crippen LogP) is 7.86. The van der Waals surface area contributed by atoms with Crippen molar-refractivity contribution >= 4 is 10.8 Å². The summed E-state index contributed by atoms with van der Waals surface area (Å²) >= 11 is 0. The van der Waals surface area contributed by atoms with E-state index in [-0.39, 0.29) is 0 Å². The monoisotopic (exact) mass is 358 g/mol. The maximum atomic E-state index is 2.18. The molecule has 5 aromatic rings. The largest absolute Gasteiger partial charge is 0.0622 e. The molecule has 0 fully saturated rings. The highest BCUT2D eigenvalue weighted by Crippen LogP contribution is 2.24. The number of hydrogen-bond acceptors (Lipinski definition) is 0.